The zero-order valence-corrected chi connectivity index (χ0v) is 14.0. The van der Waals surface area contributed by atoms with Crippen molar-refractivity contribution in [3.63, 3.8) is 0 Å². The Balaban J connectivity index is 1.83. The Bertz CT molecular complexity index is 516. The molecule has 2 rings (SSSR count). The molecule has 0 aliphatic heterocycles. The molecule has 1 heterocycles. The summed E-state index contributed by atoms with van der Waals surface area (Å²) in [4.78, 5) is 7.71. The highest BCUT2D eigenvalue weighted by Gasteiger charge is 2.33. The summed E-state index contributed by atoms with van der Waals surface area (Å²) in [5, 5.41) is 8.44. The molecule has 0 aromatic carbocycles. The van der Waals surface area contributed by atoms with Gasteiger partial charge in [0, 0.05) is 23.7 Å². The number of hydrogen-bond donors (Lipinski definition) is 2. The van der Waals surface area contributed by atoms with E-state index in [1.165, 1.54) is 6.42 Å². The maximum atomic E-state index is 12.5. The second-order valence-corrected chi connectivity index (χ2v) is 7.14. The number of halogens is 3. The summed E-state index contributed by atoms with van der Waals surface area (Å²) >= 11 is 2.87. The highest BCUT2D eigenvalue weighted by molar-refractivity contribution is 7.99. The summed E-state index contributed by atoms with van der Waals surface area (Å²) < 4.78 is 37.5. The minimum Gasteiger partial charge on any atom is -0.354 e. The molecule has 1 aliphatic carbocycles. The Hall–Kier alpha value is -0.960. The second-order valence-electron chi connectivity index (χ2n) is 5.06. The van der Waals surface area contributed by atoms with Crippen molar-refractivity contribution in [2.75, 3.05) is 13.3 Å². The fourth-order valence-electron chi connectivity index (χ4n) is 2.35. The summed E-state index contributed by atoms with van der Waals surface area (Å²) in [6.07, 6.45) is 1.07. The minimum atomic E-state index is -4.38. The third-order valence-corrected chi connectivity index (χ3v) is 5.48. The van der Waals surface area contributed by atoms with Crippen molar-refractivity contribution in [1.29, 1.82) is 0 Å². The molecule has 0 bridgehead atoms. The van der Waals surface area contributed by atoms with Crippen LogP contribution in [0.3, 0.4) is 0 Å². The maximum absolute atomic E-state index is 12.5. The summed E-state index contributed by atoms with van der Waals surface area (Å²) in [5.41, 5.74) is -0.837. The molecule has 1 aromatic heterocycles. The molecular formula is C13H19F3N4S2. The van der Waals surface area contributed by atoms with Gasteiger partial charge in [0.25, 0.3) is 0 Å². The lowest BCUT2D eigenvalue weighted by Gasteiger charge is -2.16. The van der Waals surface area contributed by atoms with Crippen molar-refractivity contribution >= 4 is 29.1 Å². The van der Waals surface area contributed by atoms with Crippen LogP contribution in [0.15, 0.2) is 10.4 Å². The number of guanidine groups is 1. The van der Waals surface area contributed by atoms with E-state index in [-0.39, 0.29) is 6.54 Å². The van der Waals surface area contributed by atoms with Crippen molar-refractivity contribution in [2.24, 2.45) is 4.99 Å². The van der Waals surface area contributed by atoms with Crippen LogP contribution in [-0.2, 0) is 12.7 Å². The normalized spacial score (nSPS) is 22.9. The molecule has 0 spiro atoms. The Labute approximate surface area is 136 Å². The Morgan fingerprint density at radius 3 is 2.82 bits per heavy atom. The van der Waals surface area contributed by atoms with E-state index in [4.69, 9.17) is 0 Å². The second kappa shape index (κ2) is 7.54. The number of alkyl halides is 3. The smallest absolute Gasteiger partial charge is 0.354 e. The molecule has 2 atom stereocenters. The molecule has 1 saturated carbocycles. The SMILES string of the molecule is CN=C(NCc1nc(C(F)(F)F)cs1)NC1CCC(SC)C1. The number of hydrogen-bond acceptors (Lipinski definition) is 4. The van der Waals surface area contributed by atoms with E-state index in [1.54, 1.807) is 7.05 Å². The molecule has 22 heavy (non-hydrogen) atoms. The van der Waals surface area contributed by atoms with E-state index in [2.05, 4.69) is 26.9 Å². The zero-order valence-electron chi connectivity index (χ0n) is 12.4. The third kappa shape index (κ3) is 4.77. The summed E-state index contributed by atoms with van der Waals surface area (Å²) in [6, 6.07) is 0.366. The van der Waals surface area contributed by atoms with Crippen LogP contribution in [-0.4, -0.2) is 35.5 Å². The highest BCUT2D eigenvalue weighted by atomic mass is 32.2. The average Bonchev–Trinajstić information content (AvgIpc) is 3.11. The van der Waals surface area contributed by atoms with Gasteiger partial charge in [-0.2, -0.15) is 24.9 Å². The molecular weight excluding hydrogens is 333 g/mol. The first kappa shape index (κ1) is 17.4. The summed E-state index contributed by atoms with van der Waals surface area (Å²) in [5.74, 6) is 0.607. The van der Waals surface area contributed by atoms with Crippen molar-refractivity contribution in [2.45, 2.75) is 43.3 Å². The Kier molecular flexibility index (Phi) is 5.96. The molecule has 2 N–H and O–H groups in total. The van der Waals surface area contributed by atoms with Crippen LogP contribution in [0, 0.1) is 0 Å². The van der Waals surface area contributed by atoms with Crippen molar-refractivity contribution in [1.82, 2.24) is 15.6 Å². The van der Waals surface area contributed by atoms with Gasteiger partial charge < -0.3 is 10.6 Å². The van der Waals surface area contributed by atoms with E-state index in [9.17, 15) is 13.2 Å². The van der Waals surface area contributed by atoms with Crippen LogP contribution in [0.4, 0.5) is 13.2 Å². The number of rotatable bonds is 4. The number of thioether (sulfide) groups is 1. The van der Waals surface area contributed by atoms with Crippen molar-refractivity contribution < 1.29 is 13.2 Å². The first-order valence-electron chi connectivity index (χ1n) is 6.94. The standard InChI is InChI=1S/C13H19F3N4S2/c1-17-12(19-8-3-4-9(5-8)21-2)18-6-11-20-10(7-22-11)13(14,15)16/h7-9H,3-6H2,1-2H3,(H2,17,18,19). The molecule has 2 unspecified atom stereocenters. The van der Waals surface area contributed by atoms with Crippen LogP contribution < -0.4 is 10.6 Å². The molecule has 4 nitrogen and oxygen atoms in total. The predicted octanol–water partition coefficient (Wildman–Crippen LogP) is 3.11. The monoisotopic (exact) mass is 352 g/mol. The lowest BCUT2D eigenvalue weighted by molar-refractivity contribution is -0.140. The van der Waals surface area contributed by atoms with Gasteiger partial charge in [0.2, 0.25) is 0 Å². The van der Waals surface area contributed by atoms with Gasteiger partial charge in [-0.25, -0.2) is 4.98 Å². The molecule has 0 amide bonds. The van der Waals surface area contributed by atoms with Gasteiger partial charge in [0.15, 0.2) is 11.7 Å². The fraction of sp³-hybridized carbons (Fsp3) is 0.692. The quantitative estimate of drug-likeness (QED) is 0.646. The number of aliphatic imine (C=N–C) groups is 1. The van der Waals surface area contributed by atoms with Gasteiger partial charge in [-0.15, -0.1) is 11.3 Å². The van der Waals surface area contributed by atoms with Crippen LogP contribution in [0.1, 0.15) is 30.0 Å². The van der Waals surface area contributed by atoms with Gasteiger partial charge >= 0.3 is 6.18 Å². The van der Waals surface area contributed by atoms with Gasteiger partial charge in [0.05, 0.1) is 6.54 Å². The molecule has 0 radical (unpaired) electrons. The molecule has 124 valence electrons. The summed E-state index contributed by atoms with van der Waals surface area (Å²) in [7, 11) is 1.65. The van der Waals surface area contributed by atoms with E-state index in [0.717, 1.165) is 29.6 Å². The van der Waals surface area contributed by atoms with E-state index in [1.807, 2.05) is 11.8 Å². The topological polar surface area (TPSA) is 49.3 Å². The Morgan fingerprint density at radius 2 is 2.27 bits per heavy atom. The lowest BCUT2D eigenvalue weighted by Crippen LogP contribution is -2.42. The first-order valence-corrected chi connectivity index (χ1v) is 9.10. The first-order chi connectivity index (χ1) is 10.4. The van der Waals surface area contributed by atoms with Gasteiger partial charge in [-0.1, -0.05) is 0 Å². The van der Waals surface area contributed by atoms with Crippen LogP contribution in [0.25, 0.3) is 0 Å². The van der Waals surface area contributed by atoms with Crippen LogP contribution in [0.5, 0.6) is 0 Å². The number of thiazole rings is 1. The molecule has 1 aliphatic rings. The molecule has 9 heteroatoms. The number of nitrogens with one attached hydrogen (secondary N) is 2. The van der Waals surface area contributed by atoms with Crippen molar-refractivity contribution in [3.05, 3.63) is 16.1 Å². The largest absolute Gasteiger partial charge is 0.434 e. The Morgan fingerprint density at radius 1 is 1.50 bits per heavy atom. The maximum Gasteiger partial charge on any atom is 0.434 e. The van der Waals surface area contributed by atoms with Gasteiger partial charge in [-0.05, 0) is 25.5 Å². The minimum absolute atomic E-state index is 0.235. The number of aromatic nitrogens is 1. The van der Waals surface area contributed by atoms with E-state index >= 15 is 0 Å². The molecule has 1 fully saturated rings. The average molecular weight is 352 g/mol. The van der Waals surface area contributed by atoms with E-state index < -0.39 is 11.9 Å². The highest BCUT2D eigenvalue weighted by Crippen LogP contribution is 2.30. The third-order valence-electron chi connectivity index (χ3n) is 3.53. The lowest BCUT2D eigenvalue weighted by atomic mass is 10.2. The van der Waals surface area contributed by atoms with Crippen LogP contribution in [0.2, 0.25) is 0 Å². The zero-order chi connectivity index (χ0) is 16.2. The van der Waals surface area contributed by atoms with E-state index in [0.29, 0.717) is 22.3 Å². The fourth-order valence-corrected chi connectivity index (χ4v) is 3.89. The van der Waals surface area contributed by atoms with Crippen molar-refractivity contribution in [3.8, 4) is 0 Å². The molecule has 1 aromatic rings. The predicted molar refractivity (Wildman–Crippen MR) is 85.4 cm³/mol. The molecule has 0 saturated heterocycles. The summed E-state index contributed by atoms with van der Waals surface area (Å²) in [6.45, 7) is 0.235. The number of nitrogens with zero attached hydrogens (tertiary/aromatic N) is 2. The van der Waals surface area contributed by atoms with Gasteiger partial charge in [-0.3, -0.25) is 4.99 Å². The van der Waals surface area contributed by atoms with Gasteiger partial charge in [0.1, 0.15) is 5.01 Å². The van der Waals surface area contributed by atoms with Crippen LogP contribution >= 0.6 is 23.1 Å².